The summed E-state index contributed by atoms with van der Waals surface area (Å²) in [4.78, 5) is 16.9. The van der Waals surface area contributed by atoms with E-state index in [1.54, 1.807) is 23.9 Å². The van der Waals surface area contributed by atoms with Crippen molar-refractivity contribution >= 4 is 23.0 Å². The molecule has 0 bridgehead atoms. The van der Waals surface area contributed by atoms with Gasteiger partial charge in [-0.3, -0.25) is 4.79 Å². The van der Waals surface area contributed by atoms with Crippen molar-refractivity contribution in [1.82, 2.24) is 15.0 Å². The van der Waals surface area contributed by atoms with Crippen molar-refractivity contribution in [3.8, 4) is 5.69 Å². The SMILES string of the molecule is CC(=NNC(=O)Cc1cccs1)c1ccc(-n2ccnc2)cc1. The summed E-state index contributed by atoms with van der Waals surface area (Å²) < 4.78 is 1.93. The number of amides is 1. The van der Waals surface area contributed by atoms with Crippen molar-refractivity contribution in [2.24, 2.45) is 5.10 Å². The Morgan fingerprint density at radius 2 is 2.13 bits per heavy atom. The average molecular weight is 324 g/mol. The molecule has 2 heterocycles. The number of hydrazone groups is 1. The molecule has 1 aromatic carbocycles. The maximum absolute atomic E-state index is 11.8. The molecule has 0 aliphatic rings. The van der Waals surface area contributed by atoms with E-state index < -0.39 is 0 Å². The van der Waals surface area contributed by atoms with Crippen LogP contribution in [-0.4, -0.2) is 21.2 Å². The highest BCUT2D eigenvalue weighted by molar-refractivity contribution is 7.10. The second kappa shape index (κ2) is 7.02. The minimum absolute atomic E-state index is 0.109. The minimum Gasteiger partial charge on any atom is -0.306 e. The lowest BCUT2D eigenvalue weighted by Crippen LogP contribution is -2.20. The molecule has 3 aromatic rings. The maximum atomic E-state index is 11.8. The fourth-order valence-corrected chi connectivity index (χ4v) is 2.81. The average Bonchev–Trinajstić information content (AvgIpc) is 3.26. The summed E-state index contributed by atoms with van der Waals surface area (Å²) in [5.74, 6) is -0.109. The Morgan fingerprint density at radius 1 is 1.30 bits per heavy atom. The van der Waals surface area contributed by atoms with Crippen LogP contribution in [0.15, 0.2) is 65.6 Å². The molecule has 2 aromatic heterocycles. The molecule has 0 saturated carbocycles. The predicted molar refractivity (Wildman–Crippen MR) is 91.9 cm³/mol. The van der Waals surface area contributed by atoms with Gasteiger partial charge in [0.2, 0.25) is 5.91 Å². The van der Waals surface area contributed by atoms with Crippen LogP contribution in [0, 0.1) is 0 Å². The van der Waals surface area contributed by atoms with Crippen LogP contribution in [0.2, 0.25) is 0 Å². The van der Waals surface area contributed by atoms with Gasteiger partial charge in [0.1, 0.15) is 0 Å². The molecule has 0 saturated heterocycles. The Morgan fingerprint density at radius 3 is 2.78 bits per heavy atom. The van der Waals surface area contributed by atoms with Gasteiger partial charge in [0, 0.05) is 23.0 Å². The quantitative estimate of drug-likeness (QED) is 0.579. The van der Waals surface area contributed by atoms with Crippen molar-refractivity contribution in [2.75, 3.05) is 0 Å². The summed E-state index contributed by atoms with van der Waals surface area (Å²) in [7, 11) is 0. The van der Waals surface area contributed by atoms with Crippen molar-refractivity contribution in [1.29, 1.82) is 0 Å². The van der Waals surface area contributed by atoms with Crippen LogP contribution in [0.1, 0.15) is 17.4 Å². The van der Waals surface area contributed by atoms with E-state index in [-0.39, 0.29) is 5.91 Å². The highest BCUT2D eigenvalue weighted by Crippen LogP contribution is 2.11. The summed E-state index contributed by atoms with van der Waals surface area (Å²) >= 11 is 1.57. The molecule has 116 valence electrons. The van der Waals surface area contributed by atoms with E-state index in [4.69, 9.17) is 0 Å². The first-order valence-corrected chi connectivity index (χ1v) is 8.04. The van der Waals surface area contributed by atoms with E-state index >= 15 is 0 Å². The first-order chi connectivity index (χ1) is 11.2. The number of carbonyl (C=O) groups excluding carboxylic acids is 1. The third-order valence-electron chi connectivity index (χ3n) is 3.35. The molecule has 1 N–H and O–H groups in total. The monoisotopic (exact) mass is 324 g/mol. The maximum Gasteiger partial charge on any atom is 0.245 e. The van der Waals surface area contributed by atoms with Crippen LogP contribution in [0.3, 0.4) is 0 Å². The molecule has 0 fully saturated rings. The van der Waals surface area contributed by atoms with Gasteiger partial charge < -0.3 is 4.57 Å². The van der Waals surface area contributed by atoms with Gasteiger partial charge >= 0.3 is 0 Å². The zero-order valence-corrected chi connectivity index (χ0v) is 13.5. The van der Waals surface area contributed by atoms with Gasteiger partial charge in [0.05, 0.1) is 18.5 Å². The number of rotatable bonds is 5. The predicted octanol–water partition coefficient (Wildman–Crippen LogP) is 3.02. The third kappa shape index (κ3) is 3.92. The number of aromatic nitrogens is 2. The summed E-state index contributed by atoms with van der Waals surface area (Å²) in [6.45, 7) is 1.87. The van der Waals surface area contributed by atoms with Gasteiger partial charge in [-0.2, -0.15) is 5.10 Å². The lowest BCUT2D eigenvalue weighted by Gasteiger charge is -2.05. The summed E-state index contributed by atoms with van der Waals surface area (Å²) in [5, 5.41) is 6.13. The molecular weight excluding hydrogens is 308 g/mol. The van der Waals surface area contributed by atoms with Gasteiger partial charge in [-0.15, -0.1) is 11.3 Å². The molecule has 0 spiro atoms. The van der Waals surface area contributed by atoms with E-state index in [0.29, 0.717) is 6.42 Å². The number of benzene rings is 1. The topological polar surface area (TPSA) is 59.3 Å². The molecule has 6 heteroatoms. The van der Waals surface area contributed by atoms with Gasteiger partial charge in [0.25, 0.3) is 0 Å². The highest BCUT2D eigenvalue weighted by Gasteiger charge is 2.04. The van der Waals surface area contributed by atoms with Crippen LogP contribution in [0.25, 0.3) is 5.69 Å². The zero-order valence-electron chi connectivity index (χ0n) is 12.6. The van der Waals surface area contributed by atoms with Crippen molar-refractivity contribution in [2.45, 2.75) is 13.3 Å². The summed E-state index contributed by atoms with van der Waals surface area (Å²) in [6.07, 6.45) is 5.74. The van der Waals surface area contributed by atoms with Crippen LogP contribution in [0.4, 0.5) is 0 Å². The molecule has 0 atom stereocenters. The normalized spacial score (nSPS) is 11.4. The van der Waals surface area contributed by atoms with Crippen LogP contribution < -0.4 is 5.43 Å². The van der Waals surface area contributed by atoms with Gasteiger partial charge in [-0.1, -0.05) is 18.2 Å². The van der Waals surface area contributed by atoms with Crippen LogP contribution >= 0.6 is 11.3 Å². The Hall–Kier alpha value is -2.73. The molecular formula is C17H16N4OS. The van der Waals surface area contributed by atoms with Crippen molar-refractivity contribution in [3.63, 3.8) is 0 Å². The fourth-order valence-electron chi connectivity index (χ4n) is 2.11. The first-order valence-electron chi connectivity index (χ1n) is 7.16. The van der Waals surface area contributed by atoms with Crippen LogP contribution in [-0.2, 0) is 11.2 Å². The Balaban J connectivity index is 1.63. The zero-order chi connectivity index (χ0) is 16.1. The number of nitrogens with one attached hydrogen (secondary N) is 1. The fraction of sp³-hybridized carbons (Fsp3) is 0.118. The number of thiophene rings is 1. The number of imidazole rings is 1. The van der Waals surface area contributed by atoms with E-state index in [1.165, 1.54) is 0 Å². The minimum atomic E-state index is -0.109. The Kier molecular flexibility index (Phi) is 4.63. The van der Waals surface area contributed by atoms with Crippen LogP contribution in [0.5, 0.6) is 0 Å². The number of hydrogen-bond donors (Lipinski definition) is 1. The van der Waals surface area contributed by atoms with E-state index in [2.05, 4.69) is 15.5 Å². The Bertz CT molecular complexity index is 790. The summed E-state index contributed by atoms with van der Waals surface area (Å²) in [5.41, 5.74) is 5.36. The number of nitrogens with zero attached hydrogens (tertiary/aromatic N) is 3. The molecule has 3 rings (SSSR count). The molecule has 5 nitrogen and oxygen atoms in total. The van der Waals surface area contributed by atoms with Gasteiger partial charge in [0.15, 0.2) is 0 Å². The lowest BCUT2D eigenvalue weighted by molar-refractivity contribution is -0.120. The largest absolute Gasteiger partial charge is 0.306 e. The van der Waals surface area contributed by atoms with Gasteiger partial charge in [-0.25, -0.2) is 10.4 Å². The van der Waals surface area contributed by atoms with E-state index in [0.717, 1.165) is 21.8 Å². The number of carbonyl (C=O) groups is 1. The standard InChI is InChI=1S/C17H16N4OS/c1-13(19-20-17(22)11-16-3-2-10-23-16)14-4-6-15(7-5-14)21-9-8-18-12-21/h2-10,12H,11H2,1H3,(H,20,22). The molecule has 0 aliphatic carbocycles. The molecule has 23 heavy (non-hydrogen) atoms. The van der Waals surface area contributed by atoms with E-state index in [9.17, 15) is 4.79 Å². The molecule has 0 unspecified atom stereocenters. The highest BCUT2D eigenvalue weighted by atomic mass is 32.1. The van der Waals surface area contributed by atoms with E-state index in [1.807, 2.05) is 59.5 Å². The molecule has 0 aliphatic heterocycles. The summed E-state index contributed by atoms with van der Waals surface area (Å²) in [6, 6.07) is 11.8. The first kappa shape index (κ1) is 15.2. The second-order valence-electron chi connectivity index (χ2n) is 5.01. The smallest absolute Gasteiger partial charge is 0.245 e. The molecule has 0 radical (unpaired) electrons. The molecule has 1 amide bonds. The second-order valence-corrected chi connectivity index (χ2v) is 6.04. The van der Waals surface area contributed by atoms with Crippen molar-refractivity contribution < 1.29 is 4.79 Å². The van der Waals surface area contributed by atoms with Crippen molar-refractivity contribution in [3.05, 3.63) is 70.9 Å². The Labute approximate surface area is 138 Å². The number of hydrogen-bond acceptors (Lipinski definition) is 4. The van der Waals surface area contributed by atoms with Gasteiger partial charge in [-0.05, 0) is 36.1 Å². The lowest BCUT2D eigenvalue weighted by atomic mass is 10.1. The third-order valence-corrected chi connectivity index (χ3v) is 4.23.